The summed E-state index contributed by atoms with van der Waals surface area (Å²) in [7, 11) is 1.73. The number of fused-ring (bicyclic) bond motifs is 3. The Labute approximate surface area is 185 Å². The lowest BCUT2D eigenvalue weighted by Gasteiger charge is -2.46. The molecule has 30 heavy (non-hydrogen) atoms. The summed E-state index contributed by atoms with van der Waals surface area (Å²) in [6.45, 7) is 3.94. The molecule has 1 aromatic rings. The number of halogens is 1. The normalized spacial score (nSPS) is 30.0. The molecule has 166 valence electrons. The molecule has 3 fully saturated rings. The number of piperidine rings is 1. The van der Waals surface area contributed by atoms with Crippen LogP contribution in [0.1, 0.15) is 43.2 Å². The maximum Gasteiger partial charge on any atom is 0.225 e. The van der Waals surface area contributed by atoms with Crippen molar-refractivity contribution in [3.8, 4) is 5.75 Å². The molecule has 5 rings (SSSR count). The van der Waals surface area contributed by atoms with Gasteiger partial charge < -0.3 is 24.4 Å². The number of nitrogens with zero attached hydrogens (tertiary/aromatic N) is 1. The lowest BCUT2D eigenvalue weighted by atomic mass is 9.78. The molecule has 7 heteroatoms. The van der Waals surface area contributed by atoms with Crippen molar-refractivity contribution >= 4 is 18.3 Å². The number of rotatable bonds is 2. The summed E-state index contributed by atoms with van der Waals surface area (Å²) < 4.78 is 17.9. The first-order valence-electron chi connectivity index (χ1n) is 11.1. The van der Waals surface area contributed by atoms with Crippen molar-refractivity contribution in [2.24, 2.45) is 5.92 Å². The van der Waals surface area contributed by atoms with Crippen LogP contribution in [0, 0.1) is 5.92 Å². The van der Waals surface area contributed by atoms with Crippen LogP contribution in [0.3, 0.4) is 0 Å². The van der Waals surface area contributed by atoms with E-state index in [9.17, 15) is 4.79 Å². The van der Waals surface area contributed by atoms with Crippen molar-refractivity contribution in [1.29, 1.82) is 0 Å². The predicted octanol–water partition coefficient (Wildman–Crippen LogP) is 2.66. The zero-order valence-corrected chi connectivity index (χ0v) is 18.5. The molecule has 1 N–H and O–H groups in total. The summed E-state index contributed by atoms with van der Waals surface area (Å²) in [6, 6.07) is 6.62. The average Bonchev–Trinajstić information content (AvgIpc) is 2.78. The topological polar surface area (TPSA) is 60.0 Å². The van der Waals surface area contributed by atoms with Gasteiger partial charge in [-0.2, -0.15) is 0 Å². The van der Waals surface area contributed by atoms with Crippen LogP contribution in [0.15, 0.2) is 18.2 Å². The summed E-state index contributed by atoms with van der Waals surface area (Å²) >= 11 is 0. The second-order valence-electron chi connectivity index (χ2n) is 8.89. The molecule has 0 unspecified atom stereocenters. The number of ether oxygens (including phenoxy) is 3. The highest BCUT2D eigenvalue weighted by atomic mass is 35.5. The van der Waals surface area contributed by atoms with Crippen molar-refractivity contribution in [3.63, 3.8) is 0 Å². The Bertz CT molecular complexity index is 751. The second-order valence-corrected chi connectivity index (χ2v) is 8.89. The molecule has 1 saturated carbocycles. The van der Waals surface area contributed by atoms with Gasteiger partial charge in [-0.1, -0.05) is 12.1 Å². The molecule has 0 radical (unpaired) electrons. The lowest BCUT2D eigenvalue weighted by molar-refractivity contribution is -0.147. The van der Waals surface area contributed by atoms with E-state index < -0.39 is 0 Å². The Balaban J connectivity index is 0.00000218. The number of hydrogen-bond acceptors (Lipinski definition) is 5. The number of morpholine rings is 1. The number of amides is 1. The maximum absolute atomic E-state index is 13.3. The van der Waals surface area contributed by atoms with Crippen molar-refractivity contribution in [2.45, 2.75) is 56.3 Å². The van der Waals surface area contributed by atoms with Gasteiger partial charge in [0, 0.05) is 37.2 Å². The zero-order chi connectivity index (χ0) is 19.8. The zero-order valence-electron chi connectivity index (χ0n) is 17.7. The molecule has 1 aromatic carbocycles. The second kappa shape index (κ2) is 9.03. The minimum Gasteiger partial charge on any atom is -0.496 e. The molecule has 1 spiro atoms. The quantitative estimate of drug-likeness (QED) is 0.772. The van der Waals surface area contributed by atoms with Crippen molar-refractivity contribution in [2.75, 3.05) is 40.0 Å². The van der Waals surface area contributed by atoms with Gasteiger partial charge in [0.25, 0.3) is 0 Å². The number of hydrogen-bond donors (Lipinski definition) is 1. The van der Waals surface area contributed by atoms with Gasteiger partial charge in [-0.25, -0.2) is 0 Å². The van der Waals surface area contributed by atoms with Crippen LogP contribution in [-0.2, 0) is 26.3 Å². The fourth-order valence-corrected chi connectivity index (χ4v) is 5.88. The molecule has 0 bridgehead atoms. The van der Waals surface area contributed by atoms with Crippen LogP contribution in [0.2, 0.25) is 0 Å². The van der Waals surface area contributed by atoms with Gasteiger partial charge in [0.2, 0.25) is 5.91 Å². The Morgan fingerprint density at radius 3 is 2.87 bits per heavy atom. The number of benzene rings is 1. The van der Waals surface area contributed by atoms with E-state index in [0.717, 1.165) is 77.1 Å². The maximum atomic E-state index is 13.3. The molecule has 3 heterocycles. The summed E-state index contributed by atoms with van der Waals surface area (Å²) in [4.78, 5) is 15.3. The van der Waals surface area contributed by atoms with Crippen molar-refractivity contribution < 1.29 is 19.0 Å². The van der Waals surface area contributed by atoms with E-state index in [2.05, 4.69) is 22.3 Å². The predicted molar refractivity (Wildman–Crippen MR) is 116 cm³/mol. The van der Waals surface area contributed by atoms with Gasteiger partial charge in [0.05, 0.1) is 26.4 Å². The Hall–Kier alpha value is -1.34. The van der Waals surface area contributed by atoms with E-state index >= 15 is 0 Å². The van der Waals surface area contributed by atoms with Gasteiger partial charge in [0.15, 0.2) is 0 Å². The van der Waals surface area contributed by atoms with E-state index in [1.807, 2.05) is 6.07 Å². The van der Waals surface area contributed by atoms with Crippen molar-refractivity contribution in [3.05, 3.63) is 29.3 Å². The summed E-state index contributed by atoms with van der Waals surface area (Å²) in [5, 5.41) is 3.55. The fraction of sp³-hybridized carbons (Fsp3) is 0.696. The van der Waals surface area contributed by atoms with E-state index in [1.54, 1.807) is 7.11 Å². The third-order valence-corrected chi connectivity index (χ3v) is 7.40. The van der Waals surface area contributed by atoms with E-state index in [0.29, 0.717) is 11.9 Å². The molecule has 3 aliphatic heterocycles. The molecular formula is C23H33ClN2O4. The Morgan fingerprint density at radius 2 is 2.07 bits per heavy atom. The molecule has 6 nitrogen and oxygen atoms in total. The first-order chi connectivity index (χ1) is 14.2. The molecular weight excluding hydrogens is 404 g/mol. The van der Waals surface area contributed by atoms with Crippen LogP contribution in [0.5, 0.6) is 5.75 Å². The first-order valence-corrected chi connectivity index (χ1v) is 11.1. The van der Waals surface area contributed by atoms with Gasteiger partial charge >= 0.3 is 0 Å². The number of likely N-dealkylation sites (tertiary alicyclic amines) is 1. The molecule has 4 aliphatic rings. The number of methoxy groups -OCH3 is 1. The average molecular weight is 437 g/mol. The monoisotopic (exact) mass is 436 g/mol. The minimum absolute atomic E-state index is 0. The minimum atomic E-state index is -0.312. The highest BCUT2D eigenvalue weighted by Gasteiger charge is 2.45. The van der Waals surface area contributed by atoms with Crippen LogP contribution in [-0.4, -0.2) is 62.9 Å². The van der Waals surface area contributed by atoms with Gasteiger partial charge in [-0.15, -0.1) is 12.4 Å². The molecule has 3 atom stereocenters. The Kier molecular flexibility index (Phi) is 6.58. The highest BCUT2D eigenvalue weighted by molar-refractivity contribution is 5.85. The Morgan fingerprint density at radius 1 is 1.23 bits per heavy atom. The third kappa shape index (κ3) is 3.83. The summed E-state index contributed by atoms with van der Waals surface area (Å²) in [5.41, 5.74) is 2.23. The van der Waals surface area contributed by atoms with Gasteiger partial charge in [0.1, 0.15) is 11.4 Å². The highest BCUT2D eigenvalue weighted by Crippen LogP contribution is 2.46. The number of carbonyl (C=O) groups excluding carboxylic acids is 1. The van der Waals surface area contributed by atoms with E-state index in [4.69, 9.17) is 14.2 Å². The third-order valence-electron chi connectivity index (χ3n) is 7.40. The van der Waals surface area contributed by atoms with Crippen LogP contribution >= 0.6 is 12.4 Å². The lowest BCUT2D eigenvalue weighted by Crippen LogP contribution is -2.55. The number of nitrogens with one attached hydrogen (secondary N) is 1. The van der Waals surface area contributed by atoms with Crippen molar-refractivity contribution in [1.82, 2.24) is 10.2 Å². The fourth-order valence-electron chi connectivity index (χ4n) is 5.88. The summed E-state index contributed by atoms with van der Waals surface area (Å²) in [5.74, 6) is 1.36. The van der Waals surface area contributed by atoms with Gasteiger partial charge in [-0.05, 0) is 50.2 Å². The molecule has 1 amide bonds. The SMILES string of the molecule is COc1cccc2c1C1(CCN(C(=O)[C@H]3CC[C@H]4OCCN[C@@H]4C3)CC1)OCC2.Cl. The number of carbonyl (C=O) groups is 1. The van der Waals surface area contributed by atoms with E-state index in [1.165, 1.54) is 11.1 Å². The smallest absolute Gasteiger partial charge is 0.225 e. The summed E-state index contributed by atoms with van der Waals surface area (Å²) in [6.07, 6.45) is 5.72. The molecule has 2 saturated heterocycles. The van der Waals surface area contributed by atoms with Crippen LogP contribution < -0.4 is 10.1 Å². The molecule has 1 aliphatic carbocycles. The largest absolute Gasteiger partial charge is 0.496 e. The van der Waals surface area contributed by atoms with Crippen LogP contribution in [0.4, 0.5) is 0 Å². The molecule has 0 aromatic heterocycles. The van der Waals surface area contributed by atoms with Gasteiger partial charge in [-0.3, -0.25) is 4.79 Å². The van der Waals surface area contributed by atoms with E-state index in [-0.39, 0.29) is 30.0 Å². The van der Waals surface area contributed by atoms with Crippen LogP contribution in [0.25, 0.3) is 0 Å². The first kappa shape index (κ1) is 21.9. The standard InChI is InChI=1S/C23H32N2O4.ClH/c1-27-20-4-2-3-16-7-13-29-23(21(16)20)8-11-25(12-9-23)22(26)17-5-6-19-18(15-17)24-10-14-28-19;/h2-4,17-19,24H,5-15H2,1H3;1H/t17-,18+,19+;/m0./s1.